The SMILES string of the molecule is O=S(=O)(OOS(=O)(=O)C1CCCCC1)C1CCCCC1. The van der Waals surface area contributed by atoms with Crippen molar-refractivity contribution in [3.63, 3.8) is 0 Å². The van der Waals surface area contributed by atoms with E-state index in [1.165, 1.54) is 0 Å². The molecule has 2 rings (SSSR count). The van der Waals surface area contributed by atoms with E-state index in [2.05, 4.69) is 8.67 Å². The quantitative estimate of drug-likeness (QED) is 0.569. The Kier molecular flexibility index (Phi) is 5.44. The maximum Gasteiger partial charge on any atom is 0.297 e. The van der Waals surface area contributed by atoms with Crippen molar-refractivity contribution >= 4 is 20.2 Å². The number of rotatable bonds is 5. The first-order valence-corrected chi connectivity index (χ1v) is 10.2. The maximum atomic E-state index is 11.9. The minimum Gasteiger partial charge on any atom is -0.197 e. The first-order chi connectivity index (χ1) is 9.42. The van der Waals surface area contributed by atoms with Crippen LogP contribution in [0.5, 0.6) is 0 Å². The van der Waals surface area contributed by atoms with Crippen molar-refractivity contribution in [3.8, 4) is 0 Å². The summed E-state index contributed by atoms with van der Waals surface area (Å²) in [5.74, 6) is 0. The van der Waals surface area contributed by atoms with Gasteiger partial charge in [-0.2, -0.15) is 16.8 Å². The van der Waals surface area contributed by atoms with E-state index in [9.17, 15) is 16.8 Å². The van der Waals surface area contributed by atoms with Crippen LogP contribution in [0, 0.1) is 0 Å². The van der Waals surface area contributed by atoms with E-state index in [1.807, 2.05) is 0 Å². The van der Waals surface area contributed by atoms with E-state index in [0.717, 1.165) is 38.5 Å². The Morgan fingerprint density at radius 1 is 0.550 bits per heavy atom. The van der Waals surface area contributed by atoms with Crippen molar-refractivity contribution in [2.75, 3.05) is 0 Å². The highest BCUT2D eigenvalue weighted by atomic mass is 32.2. The molecule has 0 unspecified atom stereocenters. The van der Waals surface area contributed by atoms with Crippen LogP contribution in [0.4, 0.5) is 0 Å². The molecular formula is C12H22O6S2. The van der Waals surface area contributed by atoms with Crippen LogP contribution >= 0.6 is 0 Å². The van der Waals surface area contributed by atoms with Gasteiger partial charge in [-0.05, 0) is 25.7 Å². The summed E-state index contributed by atoms with van der Waals surface area (Å²) in [6.07, 6.45) is 7.34. The Hall–Kier alpha value is -0.180. The maximum absolute atomic E-state index is 11.9. The summed E-state index contributed by atoms with van der Waals surface area (Å²) in [5, 5.41) is -1.28. The van der Waals surface area contributed by atoms with Gasteiger partial charge in [0.05, 0.1) is 10.5 Å². The fraction of sp³-hybridized carbons (Fsp3) is 1.00. The van der Waals surface area contributed by atoms with Crippen molar-refractivity contribution in [2.24, 2.45) is 0 Å². The lowest BCUT2D eigenvalue weighted by Gasteiger charge is -2.22. The molecule has 20 heavy (non-hydrogen) atoms. The van der Waals surface area contributed by atoms with Gasteiger partial charge >= 0.3 is 0 Å². The third kappa shape index (κ3) is 4.16. The lowest BCUT2D eigenvalue weighted by atomic mass is 10.0. The van der Waals surface area contributed by atoms with Gasteiger partial charge in [0.2, 0.25) is 0 Å². The van der Waals surface area contributed by atoms with Gasteiger partial charge in [-0.1, -0.05) is 47.2 Å². The first kappa shape index (κ1) is 16.2. The molecule has 2 aliphatic rings. The third-order valence-corrected chi connectivity index (χ3v) is 7.32. The highest BCUT2D eigenvalue weighted by Crippen LogP contribution is 2.28. The van der Waals surface area contributed by atoms with Gasteiger partial charge in [-0.25, -0.2) is 0 Å². The van der Waals surface area contributed by atoms with Crippen LogP contribution in [0.2, 0.25) is 0 Å². The molecule has 8 heteroatoms. The van der Waals surface area contributed by atoms with E-state index in [1.54, 1.807) is 0 Å². The smallest absolute Gasteiger partial charge is 0.197 e. The molecule has 0 heterocycles. The van der Waals surface area contributed by atoms with Gasteiger partial charge in [0, 0.05) is 0 Å². The highest BCUT2D eigenvalue weighted by molar-refractivity contribution is 7.89. The minimum atomic E-state index is -3.96. The predicted molar refractivity (Wildman–Crippen MR) is 73.8 cm³/mol. The summed E-state index contributed by atoms with van der Waals surface area (Å²) in [4.78, 5) is 0. The topological polar surface area (TPSA) is 86.7 Å². The second-order valence-electron chi connectivity index (χ2n) is 5.64. The second kappa shape index (κ2) is 6.72. The summed E-state index contributed by atoms with van der Waals surface area (Å²) >= 11 is 0. The van der Waals surface area contributed by atoms with Crippen molar-refractivity contribution in [3.05, 3.63) is 0 Å². The normalized spacial score (nSPS) is 23.8. The van der Waals surface area contributed by atoms with Crippen molar-refractivity contribution in [1.82, 2.24) is 0 Å². The average Bonchev–Trinajstić information content (AvgIpc) is 2.47. The Balaban J connectivity index is 1.92. The van der Waals surface area contributed by atoms with Crippen molar-refractivity contribution < 1.29 is 25.5 Å². The molecule has 2 aliphatic carbocycles. The van der Waals surface area contributed by atoms with Gasteiger partial charge in [-0.15, -0.1) is 0 Å². The standard InChI is InChI=1S/C12H22O6S2/c13-19(14,11-7-3-1-4-8-11)17-18-20(15,16)12-9-5-2-6-10-12/h11-12H,1-10H2. The van der Waals surface area contributed by atoms with E-state index >= 15 is 0 Å². The zero-order chi connectivity index (χ0) is 14.6. The lowest BCUT2D eigenvalue weighted by Crippen LogP contribution is -2.30. The van der Waals surface area contributed by atoms with Gasteiger partial charge < -0.3 is 0 Å². The molecule has 0 aromatic heterocycles. The van der Waals surface area contributed by atoms with E-state index < -0.39 is 30.7 Å². The van der Waals surface area contributed by atoms with E-state index in [0.29, 0.717) is 25.7 Å². The molecule has 0 aliphatic heterocycles. The number of hydrogen-bond acceptors (Lipinski definition) is 6. The Labute approximate surface area is 121 Å². The highest BCUT2D eigenvalue weighted by Gasteiger charge is 2.34. The van der Waals surface area contributed by atoms with Gasteiger partial charge in [0.1, 0.15) is 0 Å². The largest absolute Gasteiger partial charge is 0.297 e. The van der Waals surface area contributed by atoms with Crippen LogP contribution in [0.25, 0.3) is 0 Å². The van der Waals surface area contributed by atoms with Crippen LogP contribution in [0.3, 0.4) is 0 Å². The molecule has 0 bridgehead atoms. The summed E-state index contributed by atoms with van der Waals surface area (Å²) in [7, 11) is -7.91. The molecule has 0 spiro atoms. The van der Waals surface area contributed by atoms with Crippen molar-refractivity contribution in [1.29, 1.82) is 0 Å². The summed E-state index contributed by atoms with van der Waals surface area (Å²) < 4.78 is 56.4. The van der Waals surface area contributed by atoms with Gasteiger partial charge in [0.15, 0.2) is 0 Å². The minimum absolute atomic E-state index is 0.509. The van der Waals surface area contributed by atoms with Crippen LogP contribution in [0.1, 0.15) is 64.2 Å². The summed E-state index contributed by atoms with van der Waals surface area (Å²) in [6, 6.07) is 0. The molecule has 0 amide bonds. The molecular weight excluding hydrogens is 304 g/mol. The van der Waals surface area contributed by atoms with Gasteiger partial charge in [-0.3, -0.25) is 0 Å². The van der Waals surface area contributed by atoms with E-state index in [-0.39, 0.29) is 0 Å². The molecule has 118 valence electrons. The molecule has 0 atom stereocenters. The monoisotopic (exact) mass is 326 g/mol. The lowest BCUT2D eigenvalue weighted by molar-refractivity contribution is -0.0884. The zero-order valence-electron chi connectivity index (χ0n) is 11.5. The Bertz CT molecular complexity index is 450. The fourth-order valence-electron chi connectivity index (χ4n) is 2.90. The van der Waals surface area contributed by atoms with Gasteiger partial charge in [0.25, 0.3) is 20.2 Å². The third-order valence-electron chi connectivity index (χ3n) is 4.14. The predicted octanol–water partition coefficient (Wildman–Crippen LogP) is 2.26. The first-order valence-electron chi connectivity index (χ1n) is 7.27. The molecule has 0 radical (unpaired) electrons. The molecule has 0 N–H and O–H groups in total. The van der Waals surface area contributed by atoms with Crippen LogP contribution in [-0.4, -0.2) is 27.3 Å². The molecule has 2 fully saturated rings. The average molecular weight is 326 g/mol. The molecule has 0 saturated heterocycles. The summed E-state index contributed by atoms with van der Waals surface area (Å²) in [5.41, 5.74) is 0. The molecule has 6 nitrogen and oxygen atoms in total. The zero-order valence-corrected chi connectivity index (χ0v) is 13.1. The molecule has 2 saturated carbocycles. The summed E-state index contributed by atoms with van der Waals surface area (Å²) in [6.45, 7) is 0. The van der Waals surface area contributed by atoms with Crippen molar-refractivity contribution in [2.45, 2.75) is 74.7 Å². The van der Waals surface area contributed by atoms with Crippen LogP contribution < -0.4 is 0 Å². The van der Waals surface area contributed by atoms with Crippen LogP contribution in [0.15, 0.2) is 0 Å². The Morgan fingerprint density at radius 2 is 0.850 bits per heavy atom. The second-order valence-corrected chi connectivity index (χ2v) is 9.22. The molecule has 0 aromatic rings. The number of hydrogen-bond donors (Lipinski definition) is 0. The fourth-order valence-corrected chi connectivity index (χ4v) is 5.56. The Morgan fingerprint density at radius 3 is 1.15 bits per heavy atom. The van der Waals surface area contributed by atoms with Crippen LogP contribution in [-0.2, 0) is 28.9 Å². The molecule has 0 aromatic carbocycles. The van der Waals surface area contributed by atoms with E-state index in [4.69, 9.17) is 0 Å².